The van der Waals surface area contributed by atoms with Crippen molar-refractivity contribution in [1.29, 1.82) is 0 Å². The van der Waals surface area contributed by atoms with Gasteiger partial charge in [0, 0.05) is 24.1 Å². The Kier molecular flexibility index (Phi) is 4.33. The molecule has 0 aromatic heterocycles. The summed E-state index contributed by atoms with van der Waals surface area (Å²) in [6, 6.07) is 6.10. The minimum atomic E-state index is -0.302. The molecule has 110 valence electrons. The van der Waals surface area contributed by atoms with Crippen LogP contribution in [0.25, 0.3) is 0 Å². The monoisotopic (exact) mass is 277 g/mol. The summed E-state index contributed by atoms with van der Waals surface area (Å²) in [6.07, 6.45) is 0. The summed E-state index contributed by atoms with van der Waals surface area (Å²) in [5.41, 5.74) is 1.93. The summed E-state index contributed by atoms with van der Waals surface area (Å²) in [5.74, 6) is 0.512. The molecular weight excluding hydrogens is 254 g/mol. The lowest BCUT2D eigenvalue weighted by molar-refractivity contribution is -0.149. The van der Waals surface area contributed by atoms with Crippen LogP contribution in [0, 0.1) is 12.8 Å². The van der Waals surface area contributed by atoms with Gasteiger partial charge in [0.1, 0.15) is 5.75 Å². The van der Waals surface area contributed by atoms with Crippen molar-refractivity contribution in [3.63, 3.8) is 0 Å². The van der Waals surface area contributed by atoms with Crippen molar-refractivity contribution in [3.8, 4) is 5.75 Å². The Morgan fingerprint density at radius 3 is 2.90 bits per heavy atom. The number of carbonyl (C=O) groups excluding carboxylic acids is 1. The molecular formula is C16H23NO3. The van der Waals surface area contributed by atoms with Gasteiger partial charge >= 0.3 is 5.97 Å². The Bertz CT molecular complexity index is 500. The number of esters is 1. The molecule has 0 radical (unpaired) electrons. The highest BCUT2D eigenvalue weighted by Crippen LogP contribution is 2.41. The predicted molar refractivity (Wildman–Crippen MR) is 78.1 cm³/mol. The fourth-order valence-electron chi connectivity index (χ4n) is 2.96. The molecule has 0 saturated carbocycles. The van der Waals surface area contributed by atoms with Crippen LogP contribution in [0.3, 0.4) is 0 Å². The molecule has 2 rings (SSSR count). The number of rotatable bonds is 4. The van der Waals surface area contributed by atoms with Gasteiger partial charge in [-0.3, -0.25) is 4.79 Å². The number of ether oxygens (including phenoxy) is 2. The van der Waals surface area contributed by atoms with Gasteiger partial charge < -0.3 is 14.8 Å². The van der Waals surface area contributed by atoms with Crippen LogP contribution in [0.5, 0.6) is 5.75 Å². The SMILES string of the molecule is CCOC(=O)C1CNCC1(C)c1cc(C)ccc1OC. The maximum absolute atomic E-state index is 12.2. The van der Waals surface area contributed by atoms with Crippen LogP contribution < -0.4 is 10.1 Å². The first-order valence-electron chi connectivity index (χ1n) is 7.05. The smallest absolute Gasteiger partial charge is 0.311 e. The number of hydrogen-bond donors (Lipinski definition) is 1. The lowest BCUT2D eigenvalue weighted by atomic mass is 9.73. The first-order valence-corrected chi connectivity index (χ1v) is 7.05. The molecule has 1 aromatic carbocycles. The maximum Gasteiger partial charge on any atom is 0.311 e. The van der Waals surface area contributed by atoms with Crippen LogP contribution >= 0.6 is 0 Å². The minimum absolute atomic E-state index is 0.136. The second-order valence-electron chi connectivity index (χ2n) is 5.56. The number of benzene rings is 1. The summed E-state index contributed by atoms with van der Waals surface area (Å²) in [7, 11) is 1.67. The molecule has 2 atom stereocenters. The first kappa shape index (κ1) is 14.9. The van der Waals surface area contributed by atoms with E-state index in [9.17, 15) is 4.79 Å². The first-order chi connectivity index (χ1) is 9.52. The van der Waals surface area contributed by atoms with Crippen LogP contribution in [-0.4, -0.2) is 32.8 Å². The molecule has 2 unspecified atom stereocenters. The van der Waals surface area contributed by atoms with E-state index in [4.69, 9.17) is 9.47 Å². The lowest BCUT2D eigenvalue weighted by Crippen LogP contribution is -2.37. The van der Waals surface area contributed by atoms with Gasteiger partial charge in [0.05, 0.1) is 19.6 Å². The fraction of sp³-hybridized carbons (Fsp3) is 0.562. The molecule has 4 heteroatoms. The second kappa shape index (κ2) is 5.83. The van der Waals surface area contributed by atoms with Crippen molar-refractivity contribution in [2.75, 3.05) is 26.8 Å². The van der Waals surface area contributed by atoms with E-state index in [1.54, 1.807) is 7.11 Å². The van der Waals surface area contributed by atoms with Gasteiger partial charge in [-0.15, -0.1) is 0 Å². The Labute approximate surface area is 120 Å². The molecule has 20 heavy (non-hydrogen) atoms. The third kappa shape index (κ3) is 2.52. The highest BCUT2D eigenvalue weighted by atomic mass is 16.5. The van der Waals surface area contributed by atoms with Gasteiger partial charge in [-0.2, -0.15) is 0 Å². The fourth-order valence-corrected chi connectivity index (χ4v) is 2.96. The van der Waals surface area contributed by atoms with Gasteiger partial charge in [-0.1, -0.05) is 24.6 Å². The summed E-state index contributed by atoms with van der Waals surface area (Å²) in [5, 5.41) is 3.32. The second-order valence-corrected chi connectivity index (χ2v) is 5.56. The summed E-state index contributed by atoms with van der Waals surface area (Å²) < 4.78 is 10.7. The molecule has 0 bridgehead atoms. The van der Waals surface area contributed by atoms with Crippen molar-refractivity contribution in [1.82, 2.24) is 5.32 Å². The molecule has 0 amide bonds. The summed E-state index contributed by atoms with van der Waals surface area (Å²) >= 11 is 0. The third-order valence-electron chi connectivity index (χ3n) is 4.15. The normalized spacial score (nSPS) is 25.5. The topological polar surface area (TPSA) is 47.6 Å². The Morgan fingerprint density at radius 2 is 2.25 bits per heavy atom. The van der Waals surface area contributed by atoms with Gasteiger partial charge in [0.2, 0.25) is 0 Å². The zero-order valence-electron chi connectivity index (χ0n) is 12.7. The minimum Gasteiger partial charge on any atom is -0.496 e. The lowest BCUT2D eigenvalue weighted by Gasteiger charge is -2.31. The van der Waals surface area contributed by atoms with Crippen LogP contribution in [0.1, 0.15) is 25.0 Å². The molecule has 0 aliphatic carbocycles. The van der Waals surface area contributed by atoms with Crippen LogP contribution in [0.15, 0.2) is 18.2 Å². The number of carbonyl (C=O) groups is 1. The molecule has 1 saturated heterocycles. The van der Waals surface area contributed by atoms with E-state index in [2.05, 4.69) is 18.3 Å². The quantitative estimate of drug-likeness (QED) is 0.856. The number of aryl methyl sites for hydroxylation is 1. The Balaban J connectivity index is 2.42. The van der Waals surface area contributed by atoms with Crippen molar-refractivity contribution in [2.24, 2.45) is 5.92 Å². The van der Waals surface area contributed by atoms with E-state index in [-0.39, 0.29) is 17.3 Å². The molecule has 1 N–H and O–H groups in total. The summed E-state index contributed by atoms with van der Waals surface area (Å²) in [6.45, 7) is 7.80. The largest absolute Gasteiger partial charge is 0.496 e. The van der Waals surface area contributed by atoms with Gasteiger partial charge in [0.15, 0.2) is 0 Å². The average molecular weight is 277 g/mol. The zero-order valence-corrected chi connectivity index (χ0v) is 12.7. The molecule has 1 aromatic rings. The summed E-state index contributed by atoms with van der Waals surface area (Å²) in [4.78, 5) is 12.2. The van der Waals surface area contributed by atoms with E-state index in [1.165, 1.54) is 0 Å². The van der Waals surface area contributed by atoms with Gasteiger partial charge in [-0.05, 0) is 19.9 Å². The molecule has 1 heterocycles. The van der Waals surface area contributed by atoms with E-state index in [0.717, 1.165) is 23.4 Å². The molecule has 1 fully saturated rings. The Morgan fingerprint density at radius 1 is 1.50 bits per heavy atom. The molecule has 0 spiro atoms. The van der Waals surface area contributed by atoms with Crippen LogP contribution in [-0.2, 0) is 14.9 Å². The Hall–Kier alpha value is -1.55. The highest BCUT2D eigenvalue weighted by Gasteiger charge is 2.46. The van der Waals surface area contributed by atoms with Gasteiger partial charge in [-0.25, -0.2) is 0 Å². The predicted octanol–water partition coefficient (Wildman–Crippen LogP) is 2.04. The van der Waals surface area contributed by atoms with Crippen molar-refractivity contribution >= 4 is 5.97 Å². The average Bonchev–Trinajstić information content (AvgIpc) is 2.82. The van der Waals surface area contributed by atoms with Crippen molar-refractivity contribution in [2.45, 2.75) is 26.2 Å². The zero-order chi connectivity index (χ0) is 14.8. The maximum atomic E-state index is 12.2. The van der Waals surface area contributed by atoms with E-state index < -0.39 is 0 Å². The van der Waals surface area contributed by atoms with E-state index in [1.807, 2.05) is 26.0 Å². The van der Waals surface area contributed by atoms with E-state index >= 15 is 0 Å². The standard InChI is InChI=1S/C16H23NO3/c1-5-20-15(18)13-9-17-10-16(13,3)12-8-11(2)6-7-14(12)19-4/h6-8,13,17H,5,9-10H2,1-4H3. The van der Waals surface area contributed by atoms with Crippen LogP contribution in [0.2, 0.25) is 0 Å². The van der Waals surface area contributed by atoms with Crippen molar-refractivity contribution < 1.29 is 14.3 Å². The van der Waals surface area contributed by atoms with E-state index in [0.29, 0.717) is 13.2 Å². The van der Waals surface area contributed by atoms with Gasteiger partial charge in [0.25, 0.3) is 0 Å². The molecule has 1 aliphatic rings. The van der Waals surface area contributed by atoms with Crippen LogP contribution in [0.4, 0.5) is 0 Å². The highest BCUT2D eigenvalue weighted by molar-refractivity contribution is 5.76. The molecule has 1 aliphatic heterocycles. The molecule has 4 nitrogen and oxygen atoms in total. The number of hydrogen-bond acceptors (Lipinski definition) is 4. The third-order valence-corrected chi connectivity index (χ3v) is 4.15. The number of nitrogens with one attached hydrogen (secondary N) is 1. The van der Waals surface area contributed by atoms with Crippen molar-refractivity contribution in [3.05, 3.63) is 29.3 Å². The number of methoxy groups -OCH3 is 1.